The molecule has 4 nitrogen and oxygen atoms in total. The minimum absolute atomic E-state index is 0.0231. The van der Waals surface area contributed by atoms with Gasteiger partial charge in [0.25, 0.3) is 0 Å². The van der Waals surface area contributed by atoms with Crippen LogP contribution in [0.3, 0.4) is 0 Å². The summed E-state index contributed by atoms with van der Waals surface area (Å²) in [6, 6.07) is 4.52. The van der Waals surface area contributed by atoms with Crippen molar-refractivity contribution in [3.63, 3.8) is 0 Å². The maximum Gasteiger partial charge on any atom is 0.143 e. The van der Waals surface area contributed by atoms with E-state index < -0.39 is 0 Å². The van der Waals surface area contributed by atoms with Crippen LogP contribution in [-0.2, 0) is 0 Å². The SMILES string of the molecule is Cc1ccc(O)c(N(O)O)c1. The monoisotopic (exact) mass is 155 g/mol. The number of phenolic OH excluding ortho intramolecular Hbond substituents is 1. The molecule has 0 saturated carbocycles. The van der Waals surface area contributed by atoms with Gasteiger partial charge in [0, 0.05) is 0 Å². The van der Waals surface area contributed by atoms with Crippen LogP contribution >= 0.6 is 0 Å². The molecule has 11 heavy (non-hydrogen) atoms. The van der Waals surface area contributed by atoms with Gasteiger partial charge in [-0.3, -0.25) is 10.4 Å². The van der Waals surface area contributed by atoms with Crippen LogP contribution < -0.4 is 5.23 Å². The van der Waals surface area contributed by atoms with Crippen LogP contribution in [0.1, 0.15) is 5.56 Å². The molecule has 0 radical (unpaired) electrons. The fourth-order valence-electron chi connectivity index (χ4n) is 0.794. The van der Waals surface area contributed by atoms with E-state index in [4.69, 9.17) is 15.5 Å². The van der Waals surface area contributed by atoms with Gasteiger partial charge >= 0.3 is 0 Å². The Bertz CT molecular complexity index is 260. The van der Waals surface area contributed by atoms with Crippen LogP contribution in [0.25, 0.3) is 0 Å². The van der Waals surface area contributed by atoms with E-state index in [0.717, 1.165) is 5.56 Å². The van der Waals surface area contributed by atoms with Crippen molar-refractivity contribution in [1.82, 2.24) is 0 Å². The maximum absolute atomic E-state index is 9.04. The van der Waals surface area contributed by atoms with E-state index in [-0.39, 0.29) is 16.7 Å². The summed E-state index contributed by atoms with van der Waals surface area (Å²) in [5.41, 5.74) is 0.816. The van der Waals surface area contributed by atoms with Crippen molar-refractivity contribution in [1.29, 1.82) is 0 Å². The van der Waals surface area contributed by atoms with Crippen LogP contribution in [-0.4, -0.2) is 15.5 Å². The zero-order chi connectivity index (χ0) is 8.43. The third-order valence-electron chi connectivity index (χ3n) is 1.35. The second kappa shape index (κ2) is 2.77. The Morgan fingerprint density at radius 1 is 1.27 bits per heavy atom. The Morgan fingerprint density at radius 2 is 1.91 bits per heavy atom. The zero-order valence-corrected chi connectivity index (χ0v) is 6.02. The molecule has 0 spiro atoms. The minimum atomic E-state index is -0.166. The molecule has 3 N–H and O–H groups in total. The number of aryl methyl sites for hydroxylation is 1. The summed E-state index contributed by atoms with van der Waals surface area (Å²) in [6.07, 6.45) is 0. The summed E-state index contributed by atoms with van der Waals surface area (Å²) in [4.78, 5) is 0. The maximum atomic E-state index is 9.04. The molecule has 0 fully saturated rings. The van der Waals surface area contributed by atoms with Crippen molar-refractivity contribution in [2.45, 2.75) is 6.92 Å². The second-order valence-corrected chi connectivity index (χ2v) is 2.28. The van der Waals surface area contributed by atoms with Crippen molar-refractivity contribution in [3.8, 4) is 5.75 Å². The lowest BCUT2D eigenvalue weighted by Crippen LogP contribution is -2.11. The Kier molecular flexibility index (Phi) is 1.98. The van der Waals surface area contributed by atoms with Gasteiger partial charge in [-0.2, -0.15) is 0 Å². The summed E-state index contributed by atoms with van der Waals surface area (Å²) in [6.45, 7) is 1.78. The molecule has 0 atom stereocenters. The molecule has 0 amide bonds. The lowest BCUT2D eigenvalue weighted by molar-refractivity contribution is 0.0279. The lowest BCUT2D eigenvalue weighted by Gasteiger charge is -2.09. The van der Waals surface area contributed by atoms with Crippen molar-refractivity contribution < 1.29 is 15.5 Å². The van der Waals surface area contributed by atoms with Gasteiger partial charge in [-0.1, -0.05) is 6.07 Å². The van der Waals surface area contributed by atoms with Gasteiger partial charge in [0.1, 0.15) is 11.4 Å². The van der Waals surface area contributed by atoms with E-state index in [1.165, 1.54) is 12.1 Å². The minimum Gasteiger partial charge on any atom is -0.506 e. The predicted octanol–water partition coefficient (Wildman–Crippen LogP) is 1.29. The zero-order valence-electron chi connectivity index (χ0n) is 6.02. The smallest absolute Gasteiger partial charge is 0.143 e. The average Bonchev–Trinajstić information content (AvgIpc) is 1.94. The van der Waals surface area contributed by atoms with Crippen LogP contribution in [0.2, 0.25) is 0 Å². The molecular weight excluding hydrogens is 146 g/mol. The summed E-state index contributed by atoms with van der Waals surface area (Å²) in [7, 11) is 0. The van der Waals surface area contributed by atoms with Gasteiger partial charge in [-0.25, -0.2) is 0 Å². The first-order valence-electron chi connectivity index (χ1n) is 3.09. The Morgan fingerprint density at radius 3 is 2.36 bits per heavy atom. The molecule has 4 heteroatoms. The number of rotatable bonds is 1. The second-order valence-electron chi connectivity index (χ2n) is 2.28. The first-order valence-corrected chi connectivity index (χ1v) is 3.09. The quantitative estimate of drug-likeness (QED) is 0.534. The van der Waals surface area contributed by atoms with Crippen molar-refractivity contribution in [2.24, 2.45) is 0 Å². The van der Waals surface area contributed by atoms with E-state index >= 15 is 0 Å². The Hall–Kier alpha value is -1.26. The molecule has 0 saturated heterocycles. The molecule has 0 aromatic heterocycles. The largest absolute Gasteiger partial charge is 0.506 e. The van der Waals surface area contributed by atoms with E-state index in [9.17, 15) is 0 Å². The topological polar surface area (TPSA) is 63.9 Å². The van der Waals surface area contributed by atoms with Crippen LogP contribution in [0.4, 0.5) is 5.69 Å². The fraction of sp³-hybridized carbons (Fsp3) is 0.143. The van der Waals surface area contributed by atoms with Gasteiger partial charge in [0.05, 0.1) is 0 Å². The molecule has 0 bridgehead atoms. The third-order valence-corrected chi connectivity index (χ3v) is 1.35. The molecule has 1 aromatic rings. The molecule has 60 valence electrons. The summed E-state index contributed by atoms with van der Waals surface area (Å²) in [5.74, 6) is -0.166. The Labute approximate surface area is 63.8 Å². The van der Waals surface area contributed by atoms with Gasteiger partial charge in [-0.15, -0.1) is 5.23 Å². The molecule has 1 rings (SSSR count). The summed E-state index contributed by atoms with van der Waals surface area (Å²) in [5, 5.41) is 26.1. The number of benzene rings is 1. The molecule has 0 heterocycles. The lowest BCUT2D eigenvalue weighted by atomic mass is 10.2. The van der Waals surface area contributed by atoms with Crippen molar-refractivity contribution in [3.05, 3.63) is 23.8 Å². The summed E-state index contributed by atoms with van der Waals surface area (Å²) >= 11 is 0. The number of nitrogens with zero attached hydrogens (tertiary/aromatic N) is 1. The highest BCUT2D eigenvalue weighted by Crippen LogP contribution is 2.25. The number of aromatic hydroxyl groups is 1. The number of anilines is 1. The van der Waals surface area contributed by atoms with Crippen LogP contribution in [0.15, 0.2) is 18.2 Å². The van der Waals surface area contributed by atoms with Crippen LogP contribution in [0.5, 0.6) is 5.75 Å². The highest BCUT2D eigenvalue weighted by Gasteiger charge is 2.04. The fourth-order valence-corrected chi connectivity index (χ4v) is 0.794. The number of hydrogen-bond donors (Lipinski definition) is 3. The van der Waals surface area contributed by atoms with Gasteiger partial charge in [0.2, 0.25) is 0 Å². The number of hydrogen-bond acceptors (Lipinski definition) is 4. The average molecular weight is 155 g/mol. The highest BCUT2D eigenvalue weighted by atomic mass is 16.8. The molecule has 0 aliphatic carbocycles. The van der Waals surface area contributed by atoms with E-state index in [2.05, 4.69) is 0 Å². The highest BCUT2D eigenvalue weighted by molar-refractivity contribution is 5.55. The standard InChI is InChI=1S/C7H9NO3/c1-5-2-3-7(9)6(4-5)8(10)11/h2-4,9-11H,1H3. The normalized spacial score (nSPS) is 9.73. The first-order chi connectivity index (χ1) is 5.11. The first kappa shape index (κ1) is 7.84. The Balaban J connectivity index is 3.13. The van der Waals surface area contributed by atoms with Crippen molar-refractivity contribution in [2.75, 3.05) is 5.23 Å². The van der Waals surface area contributed by atoms with Gasteiger partial charge < -0.3 is 5.11 Å². The summed E-state index contributed by atoms with van der Waals surface area (Å²) < 4.78 is 0. The van der Waals surface area contributed by atoms with Gasteiger partial charge in [-0.05, 0) is 24.6 Å². The van der Waals surface area contributed by atoms with E-state index in [1.807, 2.05) is 0 Å². The molecule has 0 aliphatic rings. The molecule has 0 aliphatic heterocycles. The molecular formula is C7H9NO3. The van der Waals surface area contributed by atoms with E-state index in [1.54, 1.807) is 13.0 Å². The van der Waals surface area contributed by atoms with Gasteiger partial charge in [0.15, 0.2) is 0 Å². The van der Waals surface area contributed by atoms with E-state index in [0.29, 0.717) is 0 Å². The van der Waals surface area contributed by atoms with Crippen molar-refractivity contribution >= 4 is 5.69 Å². The predicted molar refractivity (Wildman–Crippen MR) is 38.9 cm³/mol. The third kappa shape index (κ3) is 1.60. The molecule has 0 unspecified atom stereocenters. The molecule has 1 aromatic carbocycles. The van der Waals surface area contributed by atoms with Crippen LogP contribution in [0, 0.1) is 6.92 Å². The number of phenols is 1.